The van der Waals surface area contributed by atoms with Gasteiger partial charge in [0, 0.05) is 30.2 Å². The molecular formula is C27H26N2. The van der Waals surface area contributed by atoms with E-state index in [2.05, 4.69) is 114 Å². The Labute approximate surface area is 172 Å². The third-order valence-corrected chi connectivity index (χ3v) is 5.10. The lowest BCUT2D eigenvalue weighted by molar-refractivity contribution is 0.365. The van der Waals surface area contributed by atoms with Crippen molar-refractivity contribution in [3.05, 3.63) is 114 Å². The third kappa shape index (κ3) is 4.92. The normalized spacial score (nSPS) is 11.9. The zero-order chi connectivity index (χ0) is 19.9. The van der Waals surface area contributed by atoms with Gasteiger partial charge in [-0.25, -0.2) is 0 Å². The number of nitrogens with zero attached hydrogens (tertiary/aromatic N) is 1. The van der Waals surface area contributed by atoms with Gasteiger partial charge in [-0.15, -0.1) is 0 Å². The van der Waals surface area contributed by atoms with Crippen molar-refractivity contribution in [2.24, 2.45) is 0 Å². The zero-order valence-electron chi connectivity index (χ0n) is 16.8. The Balaban J connectivity index is 1.29. The number of nitrogens with one attached hydrogen (secondary N) is 1. The van der Waals surface area contributed by atoms with Crippen molar-refractivity contribution in [1.29, 1.82) is 0 Å². The summed E-state index contributed by atoms with van der Waals surface area (Å²) in [5, 5.41) is 1.31. The van der Waals surface area contributed by atoms with Crippen molar-refractivity contribution >= 4 is 17.0 Å². The van der Waals surface area contributed by atoms with Crippen molar-refractivity contribution in [3.8, 4) is 11.1 Å². The van der Waals surface area contributed by atoms with Crippen LogP contribution in [-0.2, 0) is 6.54 Å². The smallest absolute Gasteiger partial charge is 0.0457 e. The molecule has 3 aromatic carbocycles. The minimum Gasteiger partial charge on any atom is -0.361 e. The van der Waals surface area contributed by atoms with E-state index in [0.29, 0.717) is 0 Å². The van der Waals surface area contributed by atoms with E-state index in [9.17, 15) is 0 Å². The van der Waals surface area contributed by atoms with Crippen molar-refractivity contribution in [1.82, 2.24) is 9.88 Å². The number of allylic oxidation sites excluding steroid dienone is 2. The molecule has 1 heterocycles. The first-order valence-corrected chi connectivity index (χ1v) is 10.0. The summed E-state index contributed by atoms with van der Waals surface area (Å²) < 4.78 is 0. The standard InChI is InChI=1S/C27H26N2/c1-29(21-25-12-8-13-27-26(25)18-19-28-27)20-7-3-4-9-22-14-16-24(17-15-22)23-10-5-2-6-11-23/h2-19,28H,20-21H2,1H3. The summed E-state index contributed by atoms with van der Waals surface area (Å²) in [4.78, 5) is 5.60. The van der Waals surface area contributed by atoms with Crippen molar-refractivity contribution in [2.75, 3.05) is 13.6 Å². The molecule has 0 atom stereocenters. The van der Waals surface area contributed by atoms with Crippen LogP contribution in [-0.4, -0.2) is 23.5 Å². The average molecular weight is 379 g/mol. The number of H-pyrrole nitrogens is 1. The van der Waals surface area contributed by atoms with Crippen LogP contribution < -0.4 is 0 Å². The first-order chi connectivity index (χ1) is 14.3. The SMILES string of the molecule is CN(CC=CC=Cc1ccc(-c2ccccc2)cc1)Cc1cccc2[nH]ccc12. The lowest BCUT2D eigenvalue weighted by atomic mass is 10.0. The molecule has 0 saturated carbocycles. The van der Waals surface area contributed by atoms with Gasteiger partial charge in [-0.2, -0.15) is 0 Å². The molecule has 4 aromatic rings. The van der Waals surface area contributed by atoms with Gasteiger partial charge in [0.2, 0.25) is 0 Å². The Bertz CT molecular complexity index is 1100. The Morgan fingerprint density at radius 3 is 2.41 bits per heavy atom. The van der Waals surface area contributed by atoms with Gasteiger partial charge in [0.05, 0.1) is 0 Å². The molecule has 2 nitrogen and oxygen atoms in total. The molecule has 0 aliphatic heterocycles. The molecule has 2 heteroatoms. The summed E-state index contributed by atoms with van der Waals surface area (Å²) in [7, 11) is 2.15. The second kappa shape index (κ2) is 9.22. The van der Waals surface area contributed by atoms with Crippen molar-refractivity contribution < 1.29 is 0 Å². The van der Waals surface area contributed by atoms with Crippen LogP contribution in [0.1, 0.15) is 11.1 Å². The van der Waals surface area contributed by atoms with E-state index in [1.165, 1.54) is 33.2 Å². The summed E-state index contributed by atoms with van der Waals surface area (Å²) in [6, 6.07) is 27.7. The number of benzene rings is 3. The van der Waals surface area contributed by atoms with Crippen LogP contribution >= 0.6 is 0 Å². The van der Waals surface area contributed by atoms with Crippen LogP contribution in [0.25, 0.3) is 28.1 Å². The summed E-state index contributed by atoms with van der Waals surface area (Å²) in [5.41, 5.74) is 6.27. The fourth-order valence-corrected chi connectivity index (χ4v) is 3.55. The maximum Gasteiger partial charge on any atom is 0.0457 e. The van der Waals surface area contributed by atoms with E-state index in [4.69, 9.17) is 0 Å². The number of aromatic amines is 1. The van der Waals surface area contributed by atoms with Gasteiger partial charge in [-0.1, -0.05) is 91.0 Å². The zero-order valence-corrected chi connectivity index (χ0v) is 16.8. The van der Waals surface area contributed by atoms with Crippen LogP contribution in [0.5, 0.6) is 0 Å². The maximum atomic E-state index is 3.28. The molecule has 0 aliphatic carbocycles. The number of fused-ring (bicyclic) bond motifs is 1. The van der Waals surface area contributed by atoms with Gasteiger partial charge in [0.25, 0.3) is 0 Å². The molecule has 0 bridgehead atoms. The first kappa shape index (κ1) is 19.0. The molecule has 4 rings (SSSR count). The molecule has 1 aromatic heterocycles. The van der Waals surface area contributed by atoms with Gasteiger partial charge in [0.15, 0.2) is 0 Å². The molecule has 0 fully saturated rings. The average Bonchev–Trinajstić information content (AvgIpc) is 3.25. The van der Waals surface area contributed by atoms with Gasteiger partial charge in [-0.3, -0.25) is 4.90 Å². The fourth-order valence-electron chi connectivity index (χ4n) is 3.55. The van der Waals surface area contributed by atoms with E-state index in [1.54, 1.807) is 0 Å². The van der Waals surface area contributed by atoms with Crippen LogP contribution in [0, 0.1) is 0 Å². The Morgan fingerprint density at radius 2 is 1.59 bits per heavy atom. The Kier molecular flexibility index (Phi) is 6.04. The summed E-state index contributed by atoms with van der Waals surface area (Å²) in [6.07, 6.45) is 10.6. The predicted octanol–water partition coefficient (Wildman–Crippen LogP) is 6.54. The van der Waals surface area contributed by atoms with Gasteiger partial charge < -0.3 is 4.98 Å². The van der Waals surface area contributed by atoms with Gasteiger partial charge in [0.1, 0.15) is 0 Å². The summed E-state index contributed by atoms with van der Waals surface area (Å²) in [6.45, 7) is 1.85. The van der Waals surface area contributed by atoms with E-state index in [1.807, 2.05) is 12.3 Å². The fraction of sp³-hybridized carbons (Fsp3) is 0.111. The molecule has 0 spiro atoms. The largest absolute Gasteiger partial charge is 0.361 e. The van der Waals surface area contributed by atoms with Crippen LogP contribution in [0.2, 0.25) is 0 Å². The molecule has 0 aliphatic rings. The van der Waals surface area contributed by atoms with Crippen LogP contribution in [0.3, 0.4) is 0 Å². The first-order valence-electron chi connectivity index (χ1n) is 10.0. The Morgan fingerprint density at radius 1 is 0.793 bits per heavy atom. The van der Waals surface area contributed by atoms with E-state index in [-0.39, 0.29) is 0 Å². The highest BCUT2D eigenvalue weighted by atomic mass is 15.1. The molecule has 0 amide bonds. The van der Waals surface area contributed by atoms with Gasteiger partial charge >= 0.3 is 0 Å². The number of aromatic nitrogens is 1. The highest BCUT2D eigenvalue weighted by molar-refractivity contribution is 5.82. The molecule has 0 saturated heterocycles. The van der Waals surface area contributed by atoms with Crippen molar-refractivity contribution in [2.45, 2.75) is 6.54 Å². The summed E-state index contributed by atoms with van der Waals surface area (Å²) in [5.74, 6) is 0. The van der Waals surface area contributed by atoms with Crippen LogP contribution in [0.15, 0.2) is 103 Å². The topological polar surface area (TPSA) is 19.0 Å². The van der Waals surface area contributed by atoms with Crippen LogP contribution in [0.4, 0.5) is 0 Å². The lowest BCUT2D eigenvalue weighted by Gasteiger charge is -2.15. The minimum atomic E-state index is 0.915. The highest BCUT2D eigenvalue weighted by Gasteiger charge is 2.03. The number of likely N-dealkylation sites (N-methyl/N-ethyl adjacent to an activating group) is 1. The monoisotopic (exact) mass is 378 g/mol. The van der Waals surface area contributed by atoms with E-state index in [0.717, 1.165) is 13.1 Å². The van der Waals surface area contributed by atoms with E-state index < -0.39 is 0 Å². The maximum absolute atomic E-state index is 3.28. The highest BCUT2D eigenvalue weighted by Crippen LogP contribution is 2.20. The Hall–Kier alpha value is -3.36. The molecular weight excluding hydrogens is 352 g/mol. The van der Waals surface area contributed by atoms with Crippen molar-refractivity contribution in [3.63, 3.8) is 0 Å². The second-order valence-corrected chi connectivity index (χ2v) is 7.33. The molecule has 0 unspecified atom stereocenters. The molecule has 144 valence electrons. The second-order valence-electron chi connectivity index (χ2n) is 7.33. The molecule has 1 N–H and O–H groups in total. The third-order valence-electron chi connectivity index (χ3n) is 5.10. The van der Waals surface area contributed by atoms with Gasteiger partial charge in [-0.05, 0) is 41.4 Å². The molecule has 0 radical (unpaired) electrons. The molecule has 29 heavy (non-hydrogen) atoms. The summed E-state index contributed by atoms with van der Waals surface area (Å²) >= 11 is 0. The lowest BCUT2D eigenvalue weighted by Crippen LogP contribution is -2.17. The number of hydrogen-bond donors (Lipinski definition) is 1. The predicted molar refractivity (Wildman–Crippen MR) is 125 cm³/mol. The number of hydrogen-bond acceptors (Lipinski definition) is 1. The quantitative estimate of drug-likeness (QED) is 0.362. The van der Waals surface area contributed by atoms with E-state index >= 15 is 0 Å². The number of rotatable bonds is 7. The minimum absolute atomic E-state index is 0.915.